The van der Waals surface area contributed by atoms with Crippen molar-refractivity contribution in [3.63, 3.8) is 0 Å². The normalized spacial score (nSPS) is 13.8. The second kappa shape index (κ2) is 13.2. The van der Waals surface area contributed by atoms with Crippen LogP contribution in [0.25, 0.3) is 0 Å². The van der Waals surface area contributed by atoms with E-state index in [9.17, 15) is 4.79 Å². The maximum atomic E-state index is 12.9. The van der Waals surface area contributed by atoms with Crippen LogP contribution in [0, 0.1) is 5.92 Å². The third-order valence-electron chi connectivity index (χ3n) is 6.14. The monoisotopic (exact) mass is 475 g/mol. The highest BCUT2D eigenvalue weighted by Gasteiger charge is 2.33. The molecule has 3 rings (SSSR count). The molecule has 0 aliphatic heterocycles. The smallest absolute Gasteiger partial charge is 0.315 e. The summed E-state index contributed by atoms with van der Waals surface area (Å²) in [6.07, 6.45) is 6.28. The molecule has 0 spiro atoms. The summed E-state index contributed by atoms with van der Waals surface area (Å²) in [6.45, 7) is 7.33. The van der Waals surface area contributed by atoms with Gasteiger partial charge >= 0.3 is 6.03 Å². The lowest BCUT2D eigenvalue weighted by molar-refractivity contribution is 0.223. The Labute approximate surface area is 209 Å². The van der Waals surface area contributed by atoms with E-state index in [-0.39, 0.29) is 6.03 Å². The molecule has 3 aromatic rings. The molecule has 0 saturated carbocycles. The molecule has 1 heterocycles. The lowest BCUT2D eigenvalue weighted by Gasteiger charge is -2.36. The Hall–Kier alpha value is -2.79. The van der Waals surface area contributed by atoms with Gasteiger partial charge in [-0.3, -0.25) is 4.98 Å². The first-order chi connectivity index (χ1) is 16.5. The van der Waals surface area contributed by atoms with E-state index in [1.807, 2.05) is 54.5 Å². The summed E-state index contributed by atoms with van der Waals surface area (Å²) in [7, 11) is 0. The van der Waals surface area contributed by atoms with E-state index < -0.39 is 5.54 Å². The van der Waals surface area contributed by atoms with Crippen molar-refractivity contribution in [1.82, 2.24) is 15.6 Å². The second-order valence-electron chi connectivity index (χ2n) is 9.32. The molecule has 2 atom stereocenters. The van der Waals surface area contributed by atoms with E-state index in [4.69, 9.17) is 0 Å². The van der Waals surface area contributed by atoms with Crippen LogP contribution in [-0.2, 0) is 17.7 Å². The lowest BCUT2D eigenvalue weighted by atomic mass is 9.85. The predicted octanol–water partition coefficient (Wildman–Crippen LogP) is 6.58. The summed E-state index contributed by atoms with van der Waals surface area (Å²) < 4.78 is 0. The first-order valence-electron chi connectivity index (χ1n) is 12.1. The molecule has 0 aliphatic carbocycles. The van der Waals surface area contributed by atoms with Gasteiger partial charge in [-0.1, -0.05) is 74.5 Å². The third kappa shape index (κ3) is 8.21. The van der Waals surface area contributed by atoms with Crippen LogP contribution in [0.3, 0.4) is 0 Å². The summed E-state index contributed by atoms with van der Waals surface area (Å²) in [6, 6.07) is 24.9. The van der Waals surface area contributed by atoms with Crippen LogP contribution >= 0.6 is 11.8 Å². The van der Waals surface area contributed by atoms with Crippen LogP contribution in [0.15, 0.2) is 85.2 Å². The number of benzene rings is 2. The largest absolute Gasteiger partial charge is 0.338 e. The van der Waals surface area contributed by atoms with Gasteiger partial charge in [0.15, 0.2) is 0 Å². The van der Waals surface area contributed by atoms with Crippen molar-refractivity contribution in [1.29, 1.82) is 0 Å². The molecule has 2 N–H and O–H groups in total. The first-order valence-corrected chi connectivity index (χ1v) is 13.2. The van der Waals surface area contributed by atoms with Crippen LogP contribution in [0.4, 0.5) is 4.79 Å². The fraction of sp³-hybridized carbons (Fsp3) is 0.379. The standard InChI is InChI=1S/C29H37N3OS/c1-23(2)27(34-22-25-11-6-4-7-12-25)21-29(3,26-14-8-5-9-15-26)32-28(33)31-18-10-13-24-16-19-30-20-17-24/h4-9,11-12,14-17,19-20,23,27H,10,13,18,21-22H2,1-3H3,(H2,31,32,33). The van der Waals surface area contributed by atoms with E-state index in [1.54, 1.807) is 0 Å². The van der Waals surface area contributed by atoms with Crippen LogP contribution in [0.2, 0.25) is 0 Å². The second-order valence-corrected chi connectivity index (χ2v) is 10.5. The molecule has 1 aromatic heterocycles. The zero-order valence-corrected chi connectivity index (χ0v) is 21.4. The number of aryl methyl sites for hydroxylation is 1. The summed E-state index contributed by atoms with van der Waals surface area (Å²) in [5, 5.41) is 6.79. The molecule has 2 amide bonds. The summed E-state index contributed by atoms with van der Waals surface area (Å²) in [5.74, 6) is 1.46. The number of amides is 2. The zero-order chi connectivity index (χ0) is 24.2. The van der Waals surface area contributed by atoms with E-state index in [0.717, 1.165) is 30.6 Å². The Balaban J connectivity index is 1.62. The molecule has 0 radical (unpaired) electrons. The Morgan fingerprint density at radius 1 is 0.941 bits per heavy atom. The molecule has 0 aliphatic rings. The van der Waals surface area contributed by atoms with Gasteiger partial charge in [0.2, 0.25) is 0 Å². The number of aromatic nitrogens is 1. The zero-order valence-electron chi connectivity index (χ0n) is 20.5. The minimum atomic E-state index is -0.463. The number of nitrogens with one attached hydrogen (secondary N) is 2. The maximum Gasteiger partial charge on any atom is 0.315 e. The quantitative estimate of drug-likeness (QED) is 0.291. The predicted molar refractivity (Wildman–Crippen MR) is 144 cm³/mol. The van der Waals surface area contributed by atoms with E-state index in [0.29, 0.717) is 17.7 Å². The van der Waals surface area contributed by atoms with Gasteiger partial charge in [0.25, 0.3) is 0 Å². The molecule has 180 valence electrons. The molecule has 34 heavy (non-hydrogen) atoms. The molecule has 5 heteroatoms. The Kier molecular flexibility index (Phi) is 10.0. The molecule has 0 fully saturated rings. The number of hydrogen-bond acceptors (Lipinski definition) is 3. The van der Waals surface area contributed by atoms with Crippen LogP contribution < -0.4 is 10.6 Å². The molecular formula is C29H37N3OS. The Morgan fingerprint density at radius 2 is 1.59 bits per heavy atom. The highest BCUT2D eigenvalue weighted by molar-refractivity contribution is 7.99. The molecule has 2 aromatic carbocycles. The van der Waals surface area contributed by atoms with Gasteiger partial charge in [0.05, 0.1) is 5.54 Å². The van der Waals surface area contributed by atoms with Crippen molar-refractivity contribution in [2.75, 3.05) is 6.54 Å². The minimum Gasteiger partial charge on any atom is -0.338 e. The van der Waals surface area contributed by atoms with E-state index >= 15 is 0 Å². The molecule has 4 nitrogen and oxygen atoms in total. The number of urea groups is 1. The number of carbonyl (C=O) groups excluding carboxylic acids is 1. The van der Waals surface area contributed by atoms with Crippen LogP contribution in [0.1, 0.15) is 50.3 Å². The van der Waals surface area contributed by atoms with Gasteiger partial charge in [-0.05, 0) is 60.9 Å². The van der Waals surface area contributed by atoms with Gasteiger partial charge in [-0.2, -0.15) is 11.8 Å². The van der Waals surface area contributed by atoms with E-state index in [2.05, 4.69) is 78.9 Å². The fourth-order valence-electron chi connectivity index (χ4n) is 4.05. The Bertz CT molecular complexity index is 982. The van der Waals surface area contributed by atoms with Crippen molar-refractivity contribution in [3.05, 3.63) is 102 Å². The van der Waals surface area contributed by atoms with Gasteiger partial charge in [-0.15, -0.1) is 0 Å². The number of rotatable bonds is 12. The lowest BCUT2D eigenvalue weighted by Crippen LogP contribution is -2.50. The number of carbonyl (C=O) groups is 1. The number of pyridine rings is 1. The highest BCUT2D eigenvalue weighted by atomic mass is 32.2. The topological polar surface area (TPSA) is 54.0 Å². The molecular weight excluding hydrogens is 438 g/mol. The van der Waals surface area contributed by atoms with Crippen molar-refractivity contribution in [2.24, 2.45) is 5.92 Å². The molecule has 0 bridgehead atoms. The van der Waals surface area contributed by atoms with Gasteiger partial charge in [0.1, 0.15) is 0 Å². The molecule has 2 unspecified atom stereocenters. The van der Waals surface area contributed by atoms with Gasteiger partial charge in [-0.25, -0.2) is 4.79 Å². The number of thioether (sulfide) groups is 1. The average molecular weight is 476 g/mol. The third-order valence-corrected chi connectivity index (χ3v) is 7.78. The van der Waals surface area contributed by atoms with Gasteiger partial charge in [0, 0.05) is 29.9 Å². The minimum absolute atomic E-state index is 0.114. The Morgan fingerprint density at radius 3 is 2.24 bits per heavy atom. The van der Waals surface area contributed by atoms with Crippen molar-refractivity contribution in [3.8, 4) is 0 Å². The highest BCUT2D eigenvalue weighted by Crippen LogP contribution is 2.35. The van der Waals surface area contributed by atoms with Crippen molar-refractivity contribution >= 4 is 17.8 Å². The van der Waals surface area contributed by atoms with Crippen molar-refractivity contribution < 1.29 is 4.79 Å². The maximum absolute atomic E-state index is 12.9. The summed E-state index contributed by atoms with van der Waals surface area (Å²) >= 11 is 1.97. The van der Waals surface area contributed by atoms with Gasteiger partial charge < -0.3 is 10.6 Å². The van der Waals surface area contributed by atoms with Crippen LogP contribution in [-0.4, -0.2) is 22.8 Å². The molecule has 0 saturated heterocycles. The van der Waals surface area contributed by atoms with Crippen molar-refractivity contribution in [2.45, 2.75) is 56.6 Å². The number of hydrogen-bond donors (Lipinski definition) is 2. The summed E-state index contributed by atoms with van der Waals surface area (Å²) in [4.78, 5) is 17.0. The van der Waals surface area contributed by atoms with E-state index in [1.165, 1.54) is 11.1 Å². The summed E-state index contributed by atoms with van der Waals surface area (Å²) in [5.41, 5.74) is 3.24. The average Bonchev–Trinajstić information content (AvgIpc) is 2.86. The number of nitrogens with zero attached hydrogens (tertiary/aromatic N) is 1. The fourth-order valence-corrected chi connectivity index (χ4v) is 5.49. The van der Waals surface area contributed by atoms with Crippen LogP contribution in [0.5, 0.6) is 0 Å². The first kappa shape index (κ1) is 25.8. The SMILES string of the molecule is CC(C)C(CC(C)(NC(=O)NCCCc1ccncc1)c1ccccc1)SCc1ccccc1.